The van der Waals surface area contributed by atoms with Gasteiger partial charge in [0.1, 0.15) is 0 Å². The molecule has 0 aliphatic carbocycles. The van der Waals surface area contributed by atoms with Crippen LogP contribution in [-0.2, 0) is 13.8 Å². The predicted molar refractivity (Wildman–Crippen MR) is 79.0 cm³/mol. The largest absolute Gasteiger partial charge is 0.312 e. The molecule has 1 amide bonds. The van der Waals surface area contributed by atoms with E-state index in [4.69, 9.17) is 10.7 Å². The molecular formula is C12H13BrClNO3S. The van der Waals surface area contributed by atoms with Gasteiger partial charge in [0.2, 0.25) is 15.0 Å². The minimum atomic E-state index is -3.57. The molecule has 1 heterocycles. The number of halogens is 2. The summed E-state index contributed by atoms with van der Waals surface area (Å²) in [6.07, 6.45) is 0.224. The molecule has 0 saturated carbocycles. The minimum absolute atomic E-state index is 0.0595. The van der Waals surface area contributed by atoms with E-state index in [1.807, 2.05) is 25.1 Å². The van der Waals surface area contributed by atoms with Crippen LogP contribution in [0.25, 0.3) is 0 Å². The molecule has 7 heteroatoms. The average Bonchev–Trinajstić information content (AvgIpc) is 2.56. The van der Waals surface area contributed by atoms with E-state index in [0.29, 0.717) is 6.54 Å². The molecule has 1 fully saturated rings. The van der Waals surface area contributed by atoms with Gasteiger partial charge in [-0.3, -0.25) is 4.79 Å². The maximum absolute atomic E-state index is 12.0. The van der Waals surface area contributed by atoms with Crippen molar-refractivity contribution in [1.29, 1.82) is 0 Å². The molecule has 2 rings (SSSR count). The molecule has 1 aliphatic rings. The second kappa shape index (κ2) is 5.42. The Hall–Kier alpha value is -0.590. The lowest BCUT2D eigenvalue weighted by Gasteiger charge is -2.19. The van der Waals surface area contributed by atoms with Crippen LogP contribution in [0, 0.1) is 12.8 Å². The Labute approximate surface area is 125 Å². The van der Waals surface area contributed by atoms with Crippen LogP contribution in [-0.4, -0.2) is 26.6 Å². The fourth-order valence-corrected chi connectivity index (χ4v) is 4.13. The van der Waals surface area contributed by atoms with Crippen LogP contribution >= 0.6 is 26.6 Å². The molecule has 104 valence electrons. The Morgan fingerprint density at radius 1 is 1.47 bits per heavy atom. The highest BCUT2D eigenvalue weighted by Crippen LogP contribution is 2.30. The zero-order valence-corrected chi connectivity index (χ0v) is 13.4. The number of amides is 1. The number of nitrogens with zero attached hydrogens (tertiary/aromatic N) is 1. The SMILES string of the molecule is Cc1cc(Br)ccc1N1CC(CS(=O)(=O)Cl)CC1=O. The summed E-state index contributed by atoms with van der Waals surface area (Å²) in [6, 6.07) is 5.64. The van der Waals surface area contributed by atoms with E-state index < -0.39 is 9.05 Å². The monoisotopic (exact) mass is 365 g/mol. The van der Waals surface area contributed by atoms with Crippen LogP contribution in [0.3, 0.4) is 0 Å². The fourth-order valence-electron chi connectivity index (χ4n) is 2.33. The number of hydrogen-bond donors (Lipinski definition) is 0. The van der Waals surface area contributed by atoms with Crippen molar-refractivity contribution in [3.63, 3.8) is 0 Å². The number of carbonyl (C=O) groups excluding carboxylic acids is 1. The van der Waals surface area contributed by atoms with Gasteiger partial charge in [-0.15, -0.1) is 0 Å². The Balaban J connectivity index is 2.20. The lowest BCUT2D eigenvalue weighted by atomic mass is 10.1. The van der Waals surface area contributed by atoms with Crippen LogP contribution in [0.4, 0.5) is 5.69 Å². The third kappa shape index (κ3) is 3.70. The van der Waals surface area contributed by atoms with E-state index in [9.17, 15) is 13.2 Å². The molecule has 1 atom stereocenters. The third-order valence-corrected chi connectivity index (χ3v) is 4.83. The lowest BCUT2D eigenvalue weighted by molar-refractivity contribution is -0.117. The van der Waals surface area contributed by atoms with Gasteiger partial charge in [-0.05, 0) is 30.7 Å². The first-order valence-corrected chi connectivity index (χ1v) is 9.02. The summed E-state index contributed by atoms with van der Waals surface area (Å²) in [6.45, 7) is 2.31. The molecule has 1 saturated heterocycles. The van der Waals surface area contributed by atoms with Crippen molar-refractivity contribution in [2.24, 2.45) is 5.92 Å². The molecular weight excluding hydrogens is 354 g/mol. The molecule has 0 aromatic heterocycles. The molecule has 1 unspecified atom stereocenters. The second-order valence-corrected chi connectivity index (χ2v) is 8.45. The van der Waals surface area contributed by atoms with Gasteiger partial charge < -0.3 is 4.90 Å². The Morgan fingerprint density at radius 3 is 2.74 bits per heavy atom. The molecule has 1 aromatic carbocycles. The van der Waals surface area contributed by atoms with Gasteiger partial charge >= 0.3 is 0 Å². The van der Waals surface area contributed by atoms with Gasteiger partial charge in [-0.25, -0.2) is 8.42 Å². The van der Waals surface area contributed by atoms with Crippen molar-refractivity contribution >= 4 is 47.3 Å². The van der Waals surface area contributed by atoms with Crippen LogP contribution in [0.5, 0.6) is 0 Å². The van der Waals surface area contributed by atoms with Crippen molar-refractivity contribution in [2.75, 3.05) is 17.2 Å². The molecule has 0 N–H and O–H groups in total. The number of benzene rings is 1. The molecule has 0 bridgehead atoms. The first-order chi connectivity index (χ1) is 8.76. The average molecular weight is 367 g/mol. The van der Waals surface area contributed by atoms with E-state index >= 15 is 0 Å². The predicted octanol–water partition coefficient (Wildman–Crippen LogP) is 2.68. The van der Waals surface area contributed by atoms with Crippen molar-refractivity contribution in [2.45, 2.75) is 13.3 Å². The normalized spacial score (nSPS) is 20.1. The van der Waals surface area contributed by atoms with Gasteiger partial charge in [0.25, 0.3) is 0 Å². The Bertz CT molecular complexity index is 617. The fraction of sp³-hybridized carbons (Fsp3) is 0.417. The molecule has 1 aliphatic heterocycles. The van der Waals surface area contributed by atoms with Gasteiger partial charge in [0.15, 0.2) is 0 Å². The summed E-state index contributed by atoms with van der Waals surface area (Å²) < 4.78 is 23.1. The maximum atomic E-state index is 12.0. The Kier molecular flexibility index (Phi) is 4.23. The topological polar surface area (TPSA) is 54.5 Å². The van der Waals surface area contributed by atoms with E-state index in [-0.39, 0.29) is 24.0 Å². The standard InChI is InChI=1S/C12H13BrClNO3S/c1-8-4-10(13)2-3-11(8)15-6-9(5-12(15)16)7-19(14,17)18/h2-4,9H,5-7H2,1H3. The quantitative estimate of drug-likeness (QED) is 0.773. The molecule has 0 spiro atoms. The van der Waals surface area contributed by atoms with Crippen molar-refractivity contribution in [3.8, 4) is 0 Å². The summed E-state index contributed by atoms with van der Waals surface area (Å²) in [7, 11) is 1.68. The molecule has 4 nitrogen and oxygen atoms in total. The van der Waals surface area contributed by atoms with Crippen molar-refractivity contribution < 1.29 is 13.2 Å². The second-order valence-electron chi connectivity index (χ2n) is 4.71. The molecule has 19 heavy (non-hydrogen) atoms. The van der Waals surface area contributed by atoms with Crippen LogP contribution in [0.1, 0.15) is 12.0 Å². The number of hydrogen-bond acceptors (Lipinski definition) is 3. The number of carbonyl (C=O) groups is 1. The zero-order chi connectivity index (χ0) is 14.2. The number of aryl methyl sites for hydroxylation is 1. The zero-order valence-electron chi connectivity index (χ0n) is 10.3. The maximum Gasteiger partial charge on any atom is 0.232 e. The van der Waals surface area contributed by atoms with Crippen molar-refractivity contribution in [1.82, 2.24) is 0 Å². The van der Waals surface area contributed by atoms with Gasteiger partial charge in [0.05, 0.1) is 5.75 Å². The van der Waals surface area contributed by atoms with Crippen LogP contribution in [0.2, 0.25) is 0 Å². The van der Waals surface area contributed by atoms with Gasteiger partial charge in [-0.1, -0.05) is 15.9 Å². The highest BCUT2D eigenvalue weighted by molar-refractivity contribution is 9.10. The highest BCUT2D eigenvalue weighted by atomic mass is 79.9. The van der Waals surface area contributed by atoms with E-state index in [1.165, 1.54) is 0 Å². The summed E-state index contributed by atoms with van der Waals surface area (Å²) >= 11 is 3.37. The van der Waals surface area contributed by atoms with Crippen molar-refractivity contribution in [3.05, 3.63) is 28.2 Å². The Morgan fingerprint density at radius 2 is 2.16 bits per heavy atom. The first-order valence-electron chi connectivity index (χ1n) is 5.75. The summed E-state index contributed by atoms with van der Waals surface area (Å²) in [5, 5.41) is 0. The molecule has 0 radical (unpaired) electrons. The molecule has 1 aromatic rings. The lowest BCUT2D eigenvalue weighted by Crippen LogP contribution is -2.26. The van der Waals surface area contributed by atoms with E-state index in [1.54, 1.807) is 4.90 Å². The minimum Gasteiger partial charge on any atom is -0.312 e. The first kappa shape index (κ1) is 14.8. The van der Waals surface area contributed by atoms with Crippen LogP contribution in [0.15, 0.2) is 22.7 Å². The summed E-state index contributed by atoms with van der Waals surface area (Å²) in [5.74, 6) is -0.458. The number of rotatable bonds is 3. The summed E-state index contributed by atoms with van der Waals surface area (Å²) in [5.41, 5.74) is 1.79. The van der Waals surface area contributed by atoms with Gasteiger partial charge in [0, 0.05) is 39.7 Å². The number of anilines is 1. The third-order valence-electron chi connectivity index (χ3n) is 3.09. The van der Waals surface area contributed by atoms with E-state index in [0.717, 1.165) is 15.7 Å². The van der Waals surface area contributed by atoms with E-state index in [2.05, 4.69) is 15.9 Å². The summed E-state index contributed by atoms with van der Waals surface area (Å²) in [4.78, 5) is 13.6. The van der Waals surface area contributed by atoms with Gasteiger partial charge in [-0.2, -0.15) is 0 Å². The smallest absolute Gasteiger partial charge is 0.232 e. The highest BCUT2D eigenvalue weighted by Gasteiger charge is 2.33. The van der Waals surface area contributed by atoms with Crippen LogP contribution < -0.4 is 4.90 Å².